The Kier molecular flexibility index (Phi) is 5.20. The van der Waals surface area contributed by atoms with Crippen LogP contribution in [0.5, 0.6) is 0 Å². The zero-order valence-electron chi connectivity index (χ0n) is 16.7. The summed E-state index contributed by atoms with van der Waals surface area (Å²) in [5, 5.41) is 19.5. The van der Waals surface area contributed by atoms with E-state index in [1.165, 1.54) is 9.75 Å². The number of hydrogen-bond acceptors (Lipinski definition) is 6. The van der Waals surface area contributed by atoms with Crippen molar-refractivity contribution in [3.8, 4) is 11.4 Å². The number of fused-ring (bicyclic) bond motifs is 1. The number of aliphatic hydroxyl groups excluding tert-OH is 1. The fourth-order valence-electron chi connectivity index (χ4n) is 4.91. The molecule has 0 bridgehead atoms. The molecule has 0 spiro atoms. The number of hydrogen-bond donors (Lipinski definition) is 1. The fourth-order valence-corrected chi connectivity index (χ4v) is 5.91. The van der Waals surface area contributed by atoms with Gasteiger partial charge in [-0.3, -0.25) is 9.88 Å². The number of nitrogens with zero attached hydrogens (tertiary/aromatic N) is 5. The van der Waals surface area contributed by atoms with Gasteiger partial charge in [-0.05, 0) is 55.4 Å². The molecule has 4 atom stereocenters. The number of aromatic nitrogens is 4. The van der Waals surface area contributed by atoms with Gasteiger partial charge in [0.1, 0.15) is 5.69 Å². The molecule has 2 aliphatic rings. The molecule has 29 heavy (non-hydrogen) atoms. The van der Waals surface area contributed by atoms with Crippen molar-refractivity contribution in [2.75, 3.05) is 13.1 Å². The zero-order chi connectivity index (χ0) is 19.8. The van der Waals surface area contributed by atoms with E-state index in [1.807, 2.05) is 40.4 Å². The van der Waals surface area contributed by atoms with Crippen molar-refractivity contribution < 1.29 is 5.11 Å². The largest absolute Gasteiger partial charge is 0.391 e. The first-order valence-corrected chi connectivity index (χ1v) is 11.3. The van der Waals surface area contributed by atoms with Crippen LogP contribution in [0.25, 0.3) is 11.4 Å². The molecule has 7 heteroatoms. The van der Waals surface area contributed by atoms with Crippen molar-refractivity contribution in [2.45, 2.75) is 44.9 Å². The molecular formula is C22H27N5OS. The summed E-state index contributed by atoms with van der Waals surface area (Å²) in [6, 6.07) is 10.3. The monoisotopic (exact) mass is 409 g/mol. The van der Waals surface area contributed by atoms with Gasteiger partial charge in [0.05, 0.1) is 24.0 Å². The summed E-state index contributed by atoms with van der Waals surface area (Å²) < 4.78 is 1.86. The Hall–Kier alpha value is -2.09. The smallest absolute Gasteiger partial charge is 0.131 e. The third kappa shape index (κ3) is 3.86. The third-order valence-electron chi connectivity index (χ3n) is 6.41. The SMILES string of the molecule is CCc1ccc(CN2C[C@H]3C[C@@H](n4cc(-c5ccccn5)nn4)[C@H](O)C[C@H]3C2)s1. The minimum absolute atomic E-state index is 0.00501. The van der Waals surface area contributed by atoms with Gasteiger partial charge in [-0.2, -0.15) is 0 Å². The van der Waals surface area contributed by atoms with E-state index in [0.29, 0.717) is 11.8 Å². The van der Waals surface area contributed by atoms with Crippen LogP contribution < -0.4 is 0 Å². The molecule has 0 unspecified atom stereocenters. The van der Waals surface area contributed by atoms with Crippen molar-refractivity contribution >= 4 is 11.3 Å². The lowest BCUT2D eigenvalue weighted by molar-refractivity contribution is 0.0298. The van der Waals surface area contributed by atoms with E-state index in [0.717, 1.165) is 50.3 Å². The molecule has 5 rings (SSSR count). The maximum Gasteiger partial charge on any atom is 0.131 e. The molecule has 1 saturated carbocycles. The lowest BCUT2D eigenvalue weighted by atomic mass is 9.77. The van der Waals surface area contributed by atoms with Gasteiger partial charge >= 0.3 is 0 Å². The minimum atomic E-state index is -0.372. The lowest BCUT2D eigenvalue weighted by Crippen LogP contribution is -2.36. The minimum Gasteiger partial charge on any atom is -0.391 e. The van der Waals surface area contributed by atoms with E-state index in [9.17, 15) is 5.11 Å². The molecule has 6 nitrogen and oxygen atoms in total. The Labute approximate surface area is 175 Å². The standard InChI is InChI=1S/C22H27N5OS/c1-2-17-6-7-18(29-17)13-26-11-15-9-21(22(28)10-16(15)12-26)27-14-20(24-25-27)19-5-3-4-8-23-19/h3-8,14-16,21-22,28H,2,9-13H2,1H3/t15-,16+,21-,22-/m1/s1. The van der Waals surface area contributed by atoms with E-state index in [4.69, 9.17) is 0 Å². The van der Waals surface area contributed by atoms with Crippen LogP contribution in [0.4, 0.5) is 0 Å². The summed E-state index contributed by atoms with van der Waals surface area (Å²) in [7, 11) is 0. The summed E-state index contributed by atoms with van der Waals surface area (Å²) in [5.41, 5.74) is 1.58. The number of pyridine rings is 1. The summed E-state index contributed by atoms with van der Waals surface area (Å²) in [6.45, 7) is 5.44. The molecule has 3 aromatic heterocycles. The Morgan fingerprint density at radius 1 is 1.07 bits per heavy atom. The Morgan fingerprint density at radius 3 is 2.66 bits per heavy atom. The van der Waals surface area contributed by atoms with Crippen molar-refractivity contribution in [1.82, 2.24) is 24.9 Å². The van der Waals surface area contributed by atoms with Crippen LogP contribution in [0.2, 0.25) is 0 Å². The number of aliphatic hydroxyl groups is 1. The predicted molar refractivity (Wildman–Crippen MR) is 113 cm³/mol. The second-order valence-corrected chi connectivity index (χ2v) is 9.59. The van der Waals surface area contributed by atoms with E-state index in [-0.39, 0.29) is 12.1 Å². The molecule has 0 aromatic carbocycles. The van der Waals surface area contributed by atoms with E-state index >= 15 is 0 Å². The summed E-state index contributed by atoms with van der Waals surface area (Å²) >= 11 is 1.93. The molecule has 1 N–H and O–H groups in total. The first-order chi connectivity index (χ1) is 14.2. The van der Waals surface area contributed by atoms with Crippen LogP contribution in [0.3, 0.4) is 0 Å². The molecule has 1 aliphatic carbocycles. The molecular weight excluding hydrogens is 382 g/mol. The lowest BCUT2D eigenvalue weighted by Gasteiger charge is -2.35. The highest BCUT2D eigenvalue weighted by molar-refractivity contribution is 7.11. The fraction of sp³-hybridized carbons (Fsp3) is 0.500. The maximum absolute atomic E-state index is 10.8. The highest BCUT2D eigenvalue weighted by Gasteiger charge is 2.42. The maximum atomic E-state index is 10.8. The Morgan fingerprint density at radius 2 is 1.90 bits per heavy atom. The van der Waals surface area contributed by atoms with E-state index in [2.05, 4.69) is 39.3 Å². The number of likely N-dealkylation sites (tertiary alicyclic amines) is 1. The molecule has 4 heterocycles. The molecule has 3 aromatic rings. The first kappa shape index (κ1) is 18.9. The van der Waals surface area contributed by atoms with Crippen LogP contribution in [0.15, 0.2) is 42.7 Å². The third-order valence-corrected chi connectivity index (χ3v) is 7.62. The highest BCUT2D eigenvalue weighted by atomic mass is 32.1. The highest BCUT2D eigenvalue weighted by Crippen LogP contribution is 2.41. The summed E-state index contributed by atoms with van der Waals surface area (Å²) in [5.74, 6) is 1.18. The number of aryl methyl sites for hydroxylation is 1. The van der Waals surface area contributed by atoms with Crippen molar-refractivity contribution in [3.05, 3.63) is 52.5 Å². The van der Waals surface area contributed by atoms with Crippen LogP contribution in [0.1, 0.15) is 35.6 Å². The van der Waals surface area contributed by atoms with Gasteiger partial charge in [0.25, 0.3) is 0 Å². The van der Waals surface area contributed by atoms with Gasteiger partial charge < -0.3 is 5.11 Å². The van der Waals surface area contributed by atoms with Crippen LogP contribution in [0, 0.1) is 11.8 Å². The van der Waals surface area contributed by atoms with Gasteiger partial charge in [0.15, 0.2) is 0 Å². The number of rotatable bonds is 5. The van der Waals surface area contributed by atoms with Crippen molar-refractivity contribution in [1.29, 1.82) is 0 Å². The van der Waals surface area contributed by atoms with Crippen molar-refractivity contribution in [2.24, 2.45) is 11.8 Å². The van der Waals surface area contributed by atoms with Crippen molar-refractivity contribution in [3.63, 3.8) is 0 Å². The van der Waals surface area contributed by atoms with Gasteiger partial charge in [-0.25, -0.2) is 4.68 Å². The van der Waals surface area contributed by atoms with Gasteiger partial charge in [-0.15, -0.1) is 16.4 Å². The average Bonchev–Trinajstić information content (AvgIpc) is 3.47. The van der Waals surface area contributed by atoms with Crippen LogP contribution >= 0.6 is 11.3 Å². The quantitative estimate of drug-likeness (QED) is 0.699. The van der Waals surface area contributed by atoms with Gasteiger partial charge in [-0.1, -0.05) is 18.2 Å². The van der Waals surface area contributed by atoms with E-state index < -0.39 is 0 Å². The average molecular weight is 410 g/mol. The Bertz CT molecular complexity index is 955. The van der Waals surface area contributed by atoms with Gasteiger partial charge in [0.2, 0.25) is 0 Å². The second-order valence-electron chi connectivity index (χ2n) is 8.34. The topological polar surface area (TPSA) is 67.1 Å². The second kappa shape index (κ2) is 7.97. The molecule has 2 fully saturated rings. The summed E-state index contributed by atoms with van der Waals surface area (Å²) in [4.78, 5) is 9.83. The van der Waals surface area contributed by atoms with Gasteiger partial charge in [0, 0.05) is 35.6 Å². The Balaban J connectivity index is 1.26. The number of thiophene rings is 1. The molecule has 1 aliphatic heterocycles. The first-order valence-electron chi connectivity index (χ1n) is 10.5. The van der Waals surface area contributed by atoms with E-state index in [1.54, 1.807) is 6.20 Å². The summed E-state index contributed by atoms with van der Waals surface area (Å²) in [6.07, 6.45) is 6.23. The van der Waals surface area contributed by atoms with Crippen LogP contribution in [-0.2, 0) is 13.0 Å². The molecule has 152 valence electrons. The molecule has 1 saturated heterocycles. The molecule has 0 amide bonds. The normalized spacial score (nSPS) is 27.2. The molecule has 0 radical (unpaired) electrons. The predicted octanol–water partition coefficient (Wildman–Crippen LogP) is 3.41. The van der Waals surface area contributed by atoms with Crippen LogP contribution in [-0.4, -0.2) is 49.2 Å². The zero-order valence-corrected chi connectivity index (χ0v) is 17.5.